The highest BCUT2D eigenvalue weighted by Gasteiger charge is 2.46. The van der Waals surface area contributed by atoms with Gasteiger partial charge >= 0.3 is 0 Å². The Kier molecular flexibility index (Phi) is 3.09. The van der Waals surface area contributed by atoms with E-state index in [0.717, 1.165) is 19.4 Å². The predicted molar refractivity (Wildman–Crippen MR) is 62.9 cm³/mol. The summed E-state index contributed by atoms with van der Waals surface area (Å²) in [6.07, 6.45) is 7.49. The first kappa shape index (κ1) is 11.4. The average Bonchev–Trinajstić information content (AvgIpc) is 2.66. The summed E-state index contributed by atoms with van der Waals surface area (Å²) in [5.74, 6) is 0. The largest absolute Gasteiger partial charge is 0.389 e. The van der Waals surface area contributed by atoms with E-state index in [1.165, 1.54) is 38.8 Å². The molecule has 1 aliphatic carbocycles. The van der Waals surface area contributed by atoms with Gasteiger partial charge in [0.15, 0.2) is 0 Å². The number of hydrogen-bond acceptors (Lipinski definition) is 2. The molecule has 1 saturated heterocycles. The summed E-state index contributed by atoms with van der Waals surface area (Å²) in [6.45, 7) is 7.57. The molecule has 0 radical (unpaired) electrons. The number of β-amino-alcohol motifs (C(OH)–C–C–N with tert-alkyl or cyclic N) is 1. The third kappa shape index (κ3) is 2.21. The van der Waals surface area contributed by atoms with Crippen molar-refractivity contribution < 1.29 is 5.11 Å². The zero-order valence-corrected chi connectivity index (χ0v) is 10.3. The Morgan fingerprint density at radius 3 is 2.13 bits per heavy atom. The first-order valence-corrected chi connectivity index (χ1v) is 6.56. The van der Waals surface area contributed by atoms with Crippen LogP contribution in [0.4, 0.5) is 0 Å². The molecule has 2 nitrogen and oxygen atoms in total. The molecule has 0 aromatic heterocycles. The molecule has 2 aliphatic rings. The molecule has 0 amide bonds. The van der Waals surface area contributed by atoms with Gasteiger partial charge in [0.05, 0.1) is 5.60 Å². The minimum absolute atomic E-state index is 0.430. The number of hydrogen-bond donors (Lipinski definition) is 1. The molecule has 88 valence electrons. The molecule has 1 spiro atoms. The van der Waals surface area contributed by atoms with Crippen LogP contribution in [0.2, 0.25) is 0 Å². The summed E-state index contributed by atoms with van der Waals surface area (Å²) in [4.78, 5) is 2.46. The van der Waals surface area contributed by atoms with E-state index < -0.39 is 5.60 Å². The third-order valence-corrected chi connectivity index (χ3v) is 4.62. The third-order valence-electron chi connectivity index (χ3n) is 4.62. The minimum atomic E-state index is -0.430. The Hall–Kier alpha value is -0.0800. The van der Waals surface area contributed by atoms with Crippen LogP contribution in [0.3, 0.4) is 0 Å². The highest BCUT2D eigenvalue weighted by Crippen LogP contribution is 2.45. The first-order chi connectivity index (χ1) is 7.11. The monoisotopic (exact) mass is 211 g/mol. The number of aliphatic hydroxyl groups is 1. The zero-order chi connectivity index (χ0) is 10.9. The van der Waals surface area contributed by atoms with Crippen molar-refractivity contribution in [1.82, 2.24) is 4.90 Å². The van der Waals surface area contributed by atoms with Crippen LogP contribution in [-0.4, -0.2) is 35.2 Å². The molecule has 1 aliphatic heterocycles. The smallest absolute Gasteiger partial charge is 0.0768 e. The van der Waals surface area contributed by atoms with E-state index in [4.69, 9.17) is 0 Å². The van der Waals surface area contributed by atoms with Gasteiger partial charge < -0.3 is 5.11 Å². The van der Waals surface area contributed by atoms with Crippen molar-refractivity contribution in [3.05, 3.63) is 0 Å². The maximum atomic E-state index is 10.3. The quantitative estimate of drug-likeness (QED) is 0.772. The fraction of sp³-hybridized carbons (Fsp3) is 1.00. The van der Waals surface area contributed by atoms with Gasteiger partial charge in [0.2, 0.25) is 0 Å². The van der Waals surface area contributed by atoms with Gasteiger partial charge in [-0.05, 0) is 31.1 Å². The average molecular weight is 211 g/mol. The van der Waals surface area contributed by atoms with Crippen molar-refractivity contribution in [2.24, 2.45) is 5.41 Å². The lowest BCUT2D eigenvalue weighted by atomic mass is 9.77. The van der Waals surface area contributed by atoms with Gasteiger partial charge in [0.1, 0.15) is 0 Å². The van der Waals surface area contributed by atoms with Crippen molar-refractivity contribution in [2.45, 2.75) is 58.0 Å². The second-order valence-corrected chi connectivity index (χ2v) is 5.78. The maximum absolute atomic E-state index is 10.3. The first-order valence-electron chi connectivity index (χ1n) is 6.56. The van der Waals surface area contributed by atoms with Crippen molar-refractivity contribution in [3.63, 3.8) is 0 Å². The van der Waals surface area contributed by atoms with E-state index >= 15 is 0 Å². The molecule has 1 N–H and O–H groups in total. The Morgan fingerprint density at radius 2 is 1.67 bits per heavy atom. The summed E-state index contributed by atoms with van der Waals surface area (Å²) in [6, 6.07) is 0. The topological polar surface area (TPSA) is 23.5 Å². The van der Waals surface area contributed by atoms with E-state index in [2.05, 4.69) is 18.7 Å². The van der Waals surface area contributed by atoms with Gasteiger partial charge in [-0.1, -0.05) is 26.7 Å². The molecular weight excluding hydrogens is 186 g/mol. The number of nitrogens with zero attached hydrogens (tertiary/aromatic N) is 1. The molecule has 2 heteroatoms. The van der Waals surface area contributed by atoms with Gasteiger partial charge in [-0.15, -0.1) is 0 Å². The molecule has 1 heterocycles. The van der Waals surface area contributed by atoms with E-state index in [0.29, 0.717) is 5.41 Å². The Labute approximate surface area is 93.7 Å². The molecule has 1 saturated carbocycles. The van der Waals surface area contributed by atoms with Gasteiger partial charge in [0, 0.05) is 19.6 Å². The Balaban J connectivity index is 1.79. The normalized spacial score (nSPS) is 25.8. The van der Waals surface area contributed by atoms with Crippen LogP contribution in [0.1, 0.15) is 52.4 Å². The van der Waals surface area contributed by atoms with Crippen molar-refractivity contribution in [1.29, 1.82) is 0 Å². The molecule has 0 aromatic carbocycles. The van der Waals surface area contributed by atoms with E-state index in [1.807, 2.05) is 0 Å². The molecule has 0 bridgehead atoms. The van der Waals surface area contributed by atoms with Crippen LogP contribution in [-0.2, 0) is 0 Å². The molecule has 0 aromatic rings. The van der Waals surface area contributed by atoms with Crippen molar-refractivity contribution >= 4 is 0 Å². The van der Waals surface area contributed by atoms with Gasteiger partial charge in [-0.25, -0.2) is 0 Å². The second kappa shape index (κ2) is 4.06. The zero-order valence-electron chi connectivity index (χ0n) is 10.3. The molecule has 15 heavy (non-hydrogen) atoms. The minimum Gasteiger partial charge on any atom is -0.389 e. The van der Waals surface area contributed by atoms with Gasteiger partial charge in [-0.3, -0.25) is 4.90 Å². The summed E-state index contributed by atoms with van der Waals surface area (Å²) in [5, 5.41) is 10.3. The van der Waals surface area contributed by atoms with Gasteiger partial charge in [0.25, 0.3) is 0 Å². The lowest BCUT2D eigenvalue weighted by molar-refractivity contribution is -0.0689. The standard InChI is InChI=1S/C13H25NO/c1-3-13(15,4-2)11-14-9-12(10-14)7-5-6-8-12/h15H,3-11H2,1-2H3. The lowest BCUT2D eigenvalue weighted by Gasteiger charge is -2.50. The van der Waals surface area contributed by atoms with E-state index in [1.54, 1.807) is 0 Å². The maximum Gasteiger partial charge on any atom is 0.0768 e. The van der Waals surface area contributed by atoms with Gasteiger partial charge in [-0.2, -0.15) is 0 Å². The summed E-state index contributed by atoms with van der Waals surface area (Å²) in [5.41, 5.74) is 0.239. The van der Waals surface area contributed by atoms with Crippen LogP contribution >= 0.6 is 0 Å². The number of rotatable bonds is 4. The molecule has 2 fully saturated rings. The summed E-state index contributed by atoms with van der Waals surface area (Å²) >= 11 is 0. The van der Waals surface area contributed by atoms with Crippen LogP contribution in [0.25, 0.3) is 0 Å². The van der Waals surface area contributed by atoms with Crippen molar-refractivity contribution in [3.8, 4) is 0 Å². The fourth-order valence-corrected chi connectivity index (χ4v) is 3.35. The molecular formula is C13H25NO. The number of likely N-dealkylation sites (tertiary alicyclic amines) is 1. The summed E-state index contributed by atoms with van der Waals surface area (Å²) < 4.78 is 0. The summed E-state index contributed by atoms with van der Waals surface area (Å²) in [7, 11) is 0. The lowest BCUT2D eigenvalue weighted by Crippen LogP contribution is -2.59. The molecule has 0 unspecified atom stereocenters. The van der Waals surface area contributed by atoms with E-state index in [9.17, 15) is 5.11 Å². The fourth-order valence-electron chi connectivity index (χ4n) is 3.35. The van der Waals surface area contributed by atoms with E-state index in [-0.39, 0.29) is 0 Å². The van der Waals surface area contributed by atoms with Crippen LogP contribution in [0.15, 0.2) is 0 Å². The SMILES string of the molecule is CCC(O)(CC)CN1CC2(CCCC2)C1. The highest BCUT2D eigenvalue weighted by molar-refractivity contribution is 4.99. The molecule has 2 rings (SSSR count). The van der Waals surface area contributed by atoms with Crippen LogP contribution in [0, 0.1) is 5.41 Å². The Morgan fingerprint density at radius 1 is 1.13 bits per heavy atom. The van der Waals surface area contributed by atoms with Crippen LogP contribution in [0.5, 0.6) is 0 Å². The molecule has 0 atom stereocenters. The Bertz CT molecular complexity index is 209. The second-order valence-electron chi connectivity index (χ2n) is 5.78. The van der Waals surface area contributed by atoms with Crippen molar-refractivity contribution in [2.75, 3.05) is 19.6 Å². The predicted octanol–water partition coefficient (Wildman–Crippen LogP) is 2.41. The highest BCUT2D eigenvalue weighted by atomic mass is 16.3. The van der Waals surface area contributed by atoms with Crippen LogP contribution < -0.4 is 0 Å².